The lowest BCUT2D eigenvalue weighted by Crippen LogP contribution is -2.05. The van der Waals surface area contributed by atoms with Crippen LogP contribution in [0.2, 0.25) is 0 Å². The molecule has 0 aromatic heterocycles. The zero-order valence-corrected chi connectivity index (χ0v) is 14.0. The standard InChI is InChI=1S/C16H14Br2O/c1-10-3-5-12(6-4-10)8-16(19)13-9-14(17)11(2)7-15(13)18/h3-7,9H,8H2,1-2H3. The van der Waals surface area contributed by atoms with Gasteiger partial charge in [0.05, 0.1) is 0 Å². The molecule has 0 radical (unpaired) electrons. The third-order valence-corrected chi connectivity index (χ3v) is 4.54. The molecule has 0 aliphatic heterocycles. The molecule has 0 bridgehead atoms. The number of carbonyl (C=O) groups excluding carboxylic acids is 1. The summed E-state index contributed by atoms with van der Waals surface area (Å²) in [5, 5.41) is 0. The highest BCUT2D eigenvalue weighted by atomic mass is 79.9. The highest BCUT2D eigenvalue weighted by molar-refractivity contribution is 9.11. The van der Waals surface area contributed by atoms with Crippen LogP contribution in [-0.4, -0.2) is 5.78 Å². The van der Waals surface area contributed by atoms with Crippen molar-refractivity contribution in [3.05, 3.63) is 67.6 Å². The summed E-state index contributed by atoms with van der Waals surface area (Å²) in [5.41, 5.74) is 4.08. The van der Waals surface area contributed by atoms with Crippen molar-refractivity contribution >= 4 is 37.6 Å². The summed E-state index contributed by atoms with van der Waals surface area (Å²) >= 11 is 6.94. The third-order valence-electron chi connectivity index (χ3n) is 3.03. The molecule has 0 saturated heterocycles. The van der Waals surface area contributed by atoms with Crippen molar-refractivity contribution in [2.24, 2.45) is 0 Å². The minimum absolute atomic E-state index is 0.122. The number of carbonyl (C=O) groups is 1. The van der Waals surface area contributed by atoms with Crippen molar-refractivity contribution in [3.63, 3.8) is 0 Å². The fourth-order valence-electron chi connectivity index (χ4n) is 1.85. The van der Waals surface area contributed by atoms with E-state index in [1.165, 1.54) is 5.56 Å². The molecule has 2 aromatic carbocycles. The maximum atomic E-state index is 12.3. The van der Waals surface area contributed by atoms with Crippen LogP contribution in [0.1, 0.15) is 27.0 Å². The van der Waals surface area contributed by atoms with Gasteiger partial charge in [0.15, 0.2) is 5.78 Å². The molecule has 0 aliphatic carbocycles. The molecule has 0 aliphatic rings. The molecule has 0 atom stereocenters. The Bertz CT molecular complexity index is 615. The molecule has 3 heteroatoms. The first-order valence-corrected chi connectivity index (χ1v) is 7.60. The van der Waals surface area contributed by atoms with Gasteiger partial charge >= 0.3 is 0 Å². The van der Waals surface area contributed by atoms with Crippen molar-refractivity contribution in [1.29, 1.82) is 0 Å². The maximum absolute atomic E-state index is 12.3. The topological polar surface area (TPSA) is 17.1 Å². The second kappa shape index (κ2) is 6.02. The van der Waals surface area contributed by atoms with Gasteiger partial charge in [-0.25, -0.2) is 0 Å². The first-order valence-electron chi connectivity index (χ1n) is 6.02. The molecule has 1 nitrogen and oxygen atoms in total. The summed E-state index contributed by atoms with van der Waals surface area (Å²) in [7, 11) is 0. The number of benzene rings is 2. The molecule has 0 amide bonds. The second-order valence-corrected chi connectivity index (χ2v) is 6.38. The van der Waals surface area contributed by atoms with E-state index >= 15 is 0 Å². The lowest BCUT2D eigenvalue weighted by molar-refractivity contribution is 0.0992. The number of ketones is 1. The number of halogens is 2. The van der Waals surface area contributed by atoms with Gasteiger partial charge in [-0.3, -0.25) is 4.79 Å². The van der Waals surface area contributed by atoms with Gasteiger partial charge in [0.2, 0.25) is 0 Å². The van der Waals surface area contributed by atoms with Crippen molar-refractivity contribution in [1.82, 2.24) is 0 Å². The summed E-state index contributed by atoms with van der Waals surface area (Å²) in [6, 6.07) is 11.9. The van der Waals surface area contributed by atoms with Gasteiger partial charge in [0, 0.05) is 20.9 Å². The van der Waals surface area contributed by atoms with E-state index in [9.17, 15) is 4.79 Å². The largest absolute Gasteiger partial charge is 0.294 e. The summed E-state index contributed by atoms with van der Waals surface area (Å²) < 4.78 is 1.81. The van der Waals surface area contributed by atoms with Gasteiger partial charge in [-0.1, -0.05) is 61.7 Å². The monoisotopic (exact) mass is 380 g/mol. The molecule has 0 saturated carbocycles. The Morgan fingerprint density at radius 3 is 2.26 bits per heavy atom. The Labute approximate surface area is 130 Å². The minimum Gasteiger partial charge on any atom is -0.294 e. The Hall–Kier alpha value is -0.930. The zero-order valence-electron chi connectivity index (χ0n) is 10.8. The molecule has 0 spiro atoms. The molecule has 98 valence electrons. The fraction of sp³-hybridized carbons (Fsp3) is 0.188. The molecule has 0 fully saturated rings. The van der Waals surface area contributed by atoms with Crippen LogP contribution < -0.4 is 0 Å². The van der Waals surface area contributed by atoms with Crippen molar-refractivity contribution in [2.45, 2.75) is 20.3 Å². The van der Waals surface area contributed by atoms with Crippen LogP contribution in [-0.2, 0) is 6.42 Å². The molecule has 0 heterocycles. The molecular weight excluding hydrogens is 368 g/mol. The molecule has 0 N–H and O–H groups in total. The van der Waals surface area contributed by atoms with Crippen LogP contribution in [0.25, 0.3) is 0 Å². The highest BCUT2D eigenvalue weighted by Gasteiger charge is 2.12. The Morgan fingerprint density at radius 2 is 1.63 bits per heavy atom. The van der Waals surface area contributed by atoms with E-state index in [0.717, 1.165) is 25.6 Å². The summed E-state index contributed by atoms with van der Waals surface area (Å²) in [5.74, 6) is 0.122. The van der Waals surface area contributed by atoms with E-state index in [4.69, 9.17) is 0 Å². The van der Waals surface area contributed by atoms with Crippen LogP contribution in [0.4, 0.5) is 0 Å². The van der Waals surface area contributed by atoms with E-state index in [1.54, 1.807) is 0 Å². The molecular formula is C16H14Br2O. The van der Waals surface area contributed by atoms with E-state index < -0.39 is 0 Å². The molecule has 19 heavy (non-hydrogen) atoms. The zero-order chi connectivity index (χ0) is 14.0. The number of Topliss-reactive ketones (excluding diaryl/α,β-unsaturated/α-hetero) is 1. The number of aryl methyl sites for hydroxylation is 2. The number of hydrogen-bond donors (Lipinski definition) is 0. The van der Waals surface area contributed by atoms with Crippen LogP contribution in [0.5, 0.6) is 0 Å². The van der Waals surface area contributed by atoms with E-state index in [2.05, 4.69) is 31.9 Å². The van der Waals surface area contributed by atoms with Gasteiger partial charge in [-0.2, -0.15) is 0 Å². The van der Waals surface area contributed by atoms with E-state index in [1.807, 2.05) is 50.2 Å². The van der Waals surface area contributed by atoms with Crippen LogP contribution in [0.15, 0.2) is 45.3 Å². The average Bonchev–Trinajstić information content (AvgIpc) is 2.36. The SMILES string of the molecule is Cc1ccc(CC(=O)c2cc(Br)c(C)cc2Br)cc1. The Kier molecular flexibility index (Phi) is 4.58. The summed E-state index contributed by atoms with van der Waals surface area (Å²) in [6.07, 6.45) is 0.425. The van der Waals surface area contributed by atoms with E-state index in [0.29, 0.717) is 6.42 Å². The third kappa shape index (κ3) is 3.54. The Morgan fingerprint density at radius 1 is 1.00 bits per heavy atom. The van der Waals surface area contributed by atoms with Gasteiger partial charge in [0.1, 0.15) is 0 Å². The molecule has 2 aromatic rings. The smallest absolute Gasteiger partial charge is 0.168 e. The normalized spacial score (nSPS) is 10.5. The molecule has 0 unspecified atom stereocenters. The summed E-state index contributed by atoms with van der Waals surface area (Å²) in [6.45, 7) is 4.04. The van der Waals surface area contributed by atoms with Gasteiger partial charge in [0.25, 0.3) is 0 Å². The predicted octanol–water partition coefficient (Wildman–Crippen LogP) is 5.25. The van der Waals surface area contributed by atoms with E-state index in [-0.39, 0.29) is 5.78 Å². The van der Waals surface area contributed by atoms with Crippen molar-refractivity contribution in [3.8, 4) is 0 Å². The Balaban J connectivity index is 2.25. The predicted molar refractivity (Wildman–Crippen MR) is 85.8 cm³/mol. The first-order chi connectivity index (χ1) is 8.97. The van der Waals surface area contributed by atoms with Gasteiger partial charge < -0.3 is 0 Å². The first kappa shape index (κ1) is 14.5. The van der Waals surface area contributed by atoms with Crippen molar-refractivity contribution in [2.75, 3.05) is 0 Å². The minimum atomic E-state index is 0.122. The van der Waals surface area contributed by atoms with Crippen LogP contribution in [0.3, 0.4) is 0 Å². The summed E-state index contributed by atoms with van der Waals surface area (Å²) in [4.78, 5) is 12.3. The number of hydrogen-bond acceptors (Lipinski definition) is 1. The lowest BCUT2D eigenvalue weighted by atomic mass is 10.0. The van der Waals surface area contributed by atoms with Crippen LogP contribution >= 0.6 is 31.9 Å². The highest BCUT2D eigenvalue weighted by Crippen LogP contribution is 2.26. The fourth-order valence-corrected chi connectivity index (χ4v) is 2.87. The number of rotatable bonds is 3. The lowest BCUT2D eigenvalue weighted by Gasteiger charge is -2.07. The van der Waals surface area contributed by atoms with Crippen molar-refractivity contribution < 1.29 is 4.79 Å². The quantitative estimate of drug-likeness (QED) is 0.663. The van der Waals surface area contributed by atoms with Gasteiger partial charge in [-0.05, 0) is 37.1 Å². The van der Waals surface area contributed by atoms with Gasteiger partial charge in [-0.15, -0.1) is 0 Å². The maximum Gasteiger partial charge on any atom is 0.168 e. The van der Waals surface area contributed by atoms with Crippen LogP contribution in [0, 0.1) is 13.8 Å². The molecule has 2 rings (SSSR count). The average molecular weight is 382 g/mol. The second-order valence-electron chi connectivity index (χ2n) is 4.67.